The number of aliphatic carboxylic acids is 1. The lowest BCUT2D eigenvalue weighted by Gasteiger charge is -2.17. The quantitative estimate of drug-likeness (QED) is 0.505. The highest BCUT2D eigenvalue weighted by molar-refractivity contribution is 8.00. The lowest BCUT2D eigenvalue weighted by Crippen LogP contribution is -2.15. The second-order valence-corrected chi connectivity index (χ2v) is 7.45. The highest BCUT2D eigenvalue weighted by atomic mass is 32.2. The average Bonchev–Trinajstić information content (AvgIpc) is 2.75. The molecule has 0 fully saturated rings. The first-order chi connectivity index (χ1) is 14.1. The van der Waals surface area contributed by atoms with Gasteiger partial charge in [-0.05, 0) is 34.9 Å². The van der Waals surface area contributed by atoms with Crippen molar-refractivity contribution in [2.24, 2.45) is 0 Å². The van der Waals surface area contributed by atoms with Gasteiger partial charge in [0.05, 0.1) is 11.0 Å². The molecule has 0 aliphatic carbocycles. The van der Waals surface area contributed by atoms with Crippen molar-refractivity contribution in [1.29, 1.82) is 0 Å². The average molecular weight is 404 g/mol. The molecule has 0 radical (unpaired) electrons. The van der Waals surface area contributed by atoms with Crippen LogP contribution in [0.15, 0.2) is 91.0 Å². The Hall–Kier alpha value is -3.31. The van der Waals surface area contributed by atoms with E-state index in [1.165, 1.54) is 6.08 Å². The van der Waals surface area contributed by atoms with Crippen molar-refractivity contribution >= 4 is 35.4 Å². The Balaban J connectivity index is 1.62. The molecule has 0 aliphatic heterocycles. The van der Waals surface area contributed by atoms with E-state index in [2.05, 4.69) is 29.6 Å². The summed E-state index contributed by atoms with van der Waals surface area (Å²) in [4.78, 5) is 23.0. The van der Waals surface area contributed by atoms with Crippen molar-refractivity contribution in [3.8, 4) is 0 Å². The molecule has 0 unspecified atom stereocenters. The number of carbonyl (C=O) groups is 2. The van der Waals surface area contributed by atoms with Crippen molar-refractivity contribution in [3.05, 3.63) is 108 Å². The molecule has 3 rings (SSSR count). The fourth-order valence-electron chi connectivity index (χ4n) is 2.84. The zero-order valence-corrected chi connectivity index (χ0v) is 16.5. The summed E-state index contributed by atoms with van der Waals surface area (Å²) in [6, 6.07) is 27.3. The van der Waals surface area contributed by atoms with Gasteiger partial charge < -0.3 is 10.4 Å². The Bertz CT molecular complexity index is 931. The Labute approximate surface area is 174 Å². The third-order valence-electron chi connectivity index (χ3n) is 4.20. The first-order valence-electron chi connectivity index (χ1n) is 9.14. The van der Waals surface area contributed by atoms with E-state index in [-0.39, 0.29) is 11.2 Å². The Morgan fingerprint density at radius 2 is 1.41 bits per heavy atom. The van der Waals surface area contributed by atoms with Crippen molar-refractivity contribution in [3.63, 3.8) is 0 Å². The molecule has 3 aromatic rings. The van der Waals surface area contributed by atoms with Crippen molar-refractivity contribution in [2.75, 3.05) is 11.1 Å². The number of carbonyl (C=O) groups excluding carboxylic acids is 1. The number of thioether (sulfide) groups is 1. The lowest BCUT2D eigenvalue weighted by atomic mass is 10.0. The van der Waals surface area contributed by atoms with E-state index in [0.717, 1.165) is 22.8 Å². The van der Waals surface area contributed by atoms with E-state index in [1.807, 2.05) is 36.4 Å². The molecule has 0 bridgehead atoms. The minimum absolute atomic E-state index is 0.0756. The van der Waals surface area contributed by atoms with Gasteiger partial charge in [-0.15, -0.1) is 11.8 Å². The number of carboxylic acids is 1. The Morgan fingerprint density at radius 3 is 1.93 bits per heavy atom. The molecule has 0 aromatic heterocycles. The second-order valence-electron chi connectivity index (χ2n) is 6.35. The first-order valence-corrected chi connectivity index (χ1v) is 10.2. The van der Waals surface area contributed by atoms with Crippen LogP contribution in [-0.2, 0) is 9.59 Å². The molecule has 4 nitrogen and oxygen atoms in total. The molecule has 0 saturated heterocycles. The predicted octanol–water partition coefficient (Wildman–Crippen LogP) is 5.25. The van der Waals surface area contributed by atoms with Crippen LogP contribution >= 0.6 is 11.8 Å². The van der Waals surface area contributed by atoms with Gasteiger partial charge in [0.1, 0.15) is 0 Å². The standard InChI is InChI=1S/C24H21NO3S/c26-22(25-21-14-11-18(12-15-21)13-16-23(27)28)17-29-24(19-7-3-1-4-8-19)20-9-5-2-6-10-20/h1-16,24H,17H2,(H,25,26)(H,27,28)/b16-13+. The summed E-state index contributed by atoms with van der Waals surface area (Å²) in [7, 11) is 0. The minimum atomic E-state index is -0.995. The van der Waals surface area contributed by atoms with Gasteiger partial charge in [0.2, 0.25) is 5.91 Å². The summed E-state index contributed by atoms with van der Waals surface area (Å²) in [5.74, 6) is -0.763. The zero-order chi connectivity index (χ0) is 20.5. The number of benzene rings is 3. The maximum absolute atomic E-state index is 12.5. The molecule has 0 aliphatic rings. The van der Waals surface area contributed by atoms with Crippen molar-refractivity contribution in [2.45, 2.75) is 5.25 Å². The highest BCUT2D eigenvalue weighted by Gasteiger charge is 2.16. The van der Waals surface area contributed by atoms with Crippen LogP contribution in [0.3, 0.4) is 0 Å². The van der Waals surface area contributed by atoms with Crippen LogP contribution in [0.2, 0.25) is 0 Å². The van der Waals surface area contributed by atoms with Crippen LogP contribution in [-0.4, -0.2) is 22.7 Å². The highest BCUT2D eigenvalue weighted by Crippen LogP contribution is 2.35. The largest absolute Gasteiger partial charge is 0.478 e. The number of nitrogens with one attached hydrogen (secondary N) is 1. The molecule has 29 heavy (non-hydrogen) atoms. The maximum Gasteiger partial charge on any atom is 0.328 e. The molecular weight excluding hydrogens is 382 g/mol. The number of rotatable bonds is 8. The van der Waals surface area contributed by atoms with Gasteiger partial charge >= 0.3 is 5.97 Å². The van der Waals surface area contributed by atoms with Gasteiger partial charge in [0.25, 0.3) is 0 Å². The van der Waals surface area contributed by atoms with Crippen LogP contribution in [0.1, 0.15) is 21.9 Å². The van der Waals surface area contributed by atoms with Gasteiger partial charge in [-0.1, -0.05) is 72.8 Å². The molecule has 146 valence electrons. The number of anilines is 1. The van der Waals surface area contributed by atoms with E-state index in [0.29, 0.717) is 11.4 Å². The van der Waals surface area contributed by atoms with Gasteiger partial charge in [0, 0.05) is 11.8 Å². The summed E-state index contributed by atoms with van der Waals surface area (Å²) in [5.41, 5.74) is 3.75. The summed E-state index contributed by atoms with van der Waals surface area (Å²) >= 11 is 1.58. The van der Waals surface area contributed by atoms with Gasteiger partial charge in [-0.2, -0.15) is 0 Å². The van der Waals surface area contributed by atoms with E-state index >= 15 is 0 Å². The lowest BCUT2D eigenvalue weighted by molar-refractivity contribution is -0.131. The number of amides is 1. The summed E-state index contributed by atoms with van der Waals surface area (Å²) in [5, 5.41) is 11.6. The van der Waals surface area contributed by atoms with Crippen molar-refractivity contribution < 1.29 is 14.7 Å². The van der Waals surface area contributed by atoms with Crippen LogP contribution < -0.4 is 5.32 Å². The Kier molecular flexibility index (Phi) is 7.25. The smallest absolute Gasteiger partial charge is 0.328 e. The topological polar surface area (TPSA) is 66.4 Å². The van der Waals surface area contributed by atoms with Gasteiger partial charge in [0.15, 0.2) is 0 Å². The molecule has 0 atom stereocenters. The van der Waals surface area contributed by atoms with Gasteiger partial charge in [-0.3, -0.25) is 4.79 Å². The van der Waals surface area contributed by atoms with E-state index < -0.39 is 5.97 Å². The number of hydrogen-bond acceptors (Lipinski definition) is 3. The molecule has 1 amide bonds. The van der Waals surface area contributed by atoms with Gasteiger partial charge in [-0.25, -0.2) is 4.79 Å². The molecule has 0 spiro atoms. The van der Waals surface area contributed by atoms with E-state index in [1.54, 1.807) is 36.0 Å². The molecule has 3 aromatic carbocycles. The predicted molar refractivity (Wildman–Crippen MR) is 119 cm³/mol. The fourth-order valence-corrected chi connectivity index (χ4v) is 3.93. The third kappa shape index (κ3) is 6.36. The normalized spacial score (nSPS) is 10.9. The Morgan fingerprint density at radius 1 is 0.862 bits per heavy atom. The maximum atomic E-state index is 12.5. The van der Waals surface area contributed by atoms with Crippen LogP contribution in [0.25, 0.3) is 6.08 Å². The number of carboxylic acid groups (broad SMARTS) is 1. The fraction of sp³-hybridized carbons (Fsp3) is 0.0833. The molecule has 2 N–H and O–H groups in total. The van der Waals surface area contributed by atoms with Crippen LogP contribution in [0.4, 0.5) is 5.69 Å². The first kappa shape index (κ1) is 20.4. The minimum Gasteiger partial charge on any atom is -0.478 e. The summed E-state index contributed by atoms with van der Waals surface area (Å²) in [6.07, 6.45) is 2.59. The SMILES string of the molecule is O=C(O)/C=C/c1ccc(NC(=O)CSC(c2ccccc2)c2ccccc2)cc1. The molecule has 0 heterocycles. The van der Waals surface area contributed by atoms with Crippen LogP contribution in [0, 0.1) is 0 Å². The van der Waals surface area contributed by atoms with Crippen molar-refractivity contribution in [1.82, 2.24) is 0 Å². The molecule has 5 heteroatoms. The van der Waals surface area contributed by atoms with E-state index in [4.69, 9.17) is 5.11 Å². The number of hydrogen-bond donors (Lipinski definition) is 2. The monoisotopic (exact) mass is 403 g/mol. The molecular formula is C24H21NO3S. The second kappa shape index (κ2) is 10.3. The summed E-state index contributed by atoms with van der Waals surface area (Å²) < 4.78 is 0. The van der Waals surface area contributed by atoms with Crippen LogP contribution in [0.5, 0.6) is 0 Å². The molecule has 0 saturated carbocycles. The summed E-state index contributed by atoms with van der Waals surface area (Å²) in [6.45, 7) is 0. The zero-order valence-electron chi connectivity index (χ0n) is 15.7. The third-order valence-corrected chi connectivity index (χ3v) is 5.51. The van der Waals surface area contributed by atoms with E-state index in [9.17, 15) is 9.59 Å².